The van der Waals surface area contributed by atoms with E-state index < -0.39 is 0 Å². The summed E-state index contributed by atoms with van der Waals surface area (Å²) in [6.07, 6.45) is 1.87. The average Bonchev–Trinajstić information content (AvgIpc) is 2.08. The molecule has 2 nitrogen and oxygen atoms in total. The summed E-state index contributed by atoms with van der Waals surface area (Å²) in [7, 11) is 2.04. The zero-order valence-electron chi connectivity index (χ0n) is 9.30. The summed E-state index contributed by atoms with van der Waals surface area (Å²) in [6.45, 7) is 10.0. The lowest BCUT2D eigenvalue weighted by atomic mass is 10.2. The Morgan fingerprint density at radius 3 is 2.08 bits per heavy atom. The summed E-state index contributed by atoms with van der Waals surface area (Å²) < 4.78 is 0. The SMILES string of the molecule is CC.CCCN(C)CC(O)CC. The molecular formula is C10H25NO. The lowest BCUT2D eigenvalue weighted by Crippen LogP contribution is -2.29. The van der Waals surface area contributed by atoms with Crippen LogP contribution in [0.25, 0.3) is 0 Å². The fourth-order valence-corrected chi connectivity index (χ4v) is 0.962. The summed E-state index contributed by atoms with van der Waals surface area (Å²) in [4.78, 5) is 2.16. The van der Waals surface area contributed by atoms with E-state index in [9.17, 15) is 5.11 Å². The maximum Gasteiger partial charge on any atom is 0.0664 e. The van der Waals surface area contributed by atoms with Gasteiger partial charge in [-0.25, -0.2) is 0 Å². The second kappa shape index (κ2) is 10.9. The van der Waals surface area contributed by atoms with E-state index in [1.165, 1.54) is 0 Å². The van der Waals surface area contributed by atoms with Crippen LogP contribution in [-0.4, -0.2) is 36.2 Å². The molecule has 0 amide bonds. The van der Waals surface area contributed by atoms with Crippen LogP contribution in [0, 0.1) is 0 Å². The number of nitrogens with zero attached hydrogens (tertiary/aromatic N) is 1. The number of hydrogen-bond donors (Lipinski definition) is 1. The van der Waals surface area contributed by atoms with Crippen molar-refractivity contribution in [1.29, 1.82) is 0 Å². The molecule has 0 fully saturated rings. The fourth-order valence-electron chi connectivity index (χ4n) is 0.962. The van der Waals surface area contributed by atoms with Gasteiger partial charge in [-0.3, -0.25) is 0 Å². The Balaban J connectivity index is 0. The maximum absolute atomic E-state index is 9.21. The molecule has 0 aliphatic heterocycles. The molecule has 0 saturated carbocycles. The summed E-state index contributed by atoms with van der Waals surface area (Å²) >= 11 is 0. The third-order valence-electron chi connectivity index (χ3n) is 1.60. The van der Waals surface area contributed by atoms with Gasteiger partial charge in [-0.15, -0.1) is 0 Å². The van der Waals surface area contributed by atoms with E-state index in [1.54, 1.807) is 0 Å². The molecule has 0 aromatic rings. The molecule has 1 unspecified atom stereocenters. The molecule has 0 aliphatic carbocycles. The van der Waals surface area contributed by atoms with Crippen molar-refractivity contribution in [2.75, 3.05) is 20.1 Å². The Kier molecular flexibility index (Phi) is 13.1. The van der Waals surface area contributed by atoms with Crippen molar-refractivity contribution in [3.63, 3.8) is 0 Å². The van der Waals surface area contributed by atoms with Crippen molar-refractivity contribution in [3.8, 4) is 0 Å². The first-order valence-electron chi connectivity index (χ1n) is 5.07. The van der Waals surface area contributed by atoms with E-state index in [0.717, 1.165) is 25.9 Å². The minimum atomic E-state index is -0.142. The van der Waals surface area contributed by atoms with Gasteiger partial charge < -0.3 is 10.0 Å². The van der Waals surface area contributed by atoms with Gasteiger partial charge in [-0.1, -0.05) is 27.7 Å². The molecule has 0 spiro atoms. The van der Waals surface area contributed by atoms with E-state index in [1.807, 2.05) is 27.8 Å². The standard InChI is InChI=1S/C8H19NO.C2H6/c1-4-6-9(3)7-8(10)5-2;1-2/h8,10H,4-7H2,1-3H3;1-2H3. The van der Waals surface area contributed by atoms with E-state index >= 15 is 0 Å². The van der Waals surface area contributed by atoms with Gasteiger partial charge in [-0.05, 0) is 26.4 Å². The van der Waals surface area contributed by atoms with Gasteiger partial charge in [0.1, 0.15) is 0 Å². The van der Waals surface area contributed by atoms with E-state index in [-0.39, 0.29) is 6.10 Å². The van der Waals surface area contributed by atoms with Gasteiger partial charge >= 0.3 is 0 Å². The van der Waals surface area contributed by atoms with E-state index in [4.69, 9.17) is 0 Å². The molecule has 0 heterocycles. The van der Waals surface area contributed by atoms with Crippen molar-refractivity contribution < 1.29 is 5.11 Å². The van der Waals surface area contributed by atoms with Gasteiger partial charge in [0.2, 0.25) is 0 Å². The molecule has 1 atom stereocenters. The third-order valence-corrected chi connectivity index (χ3v) is 1.60. The molecular weight excluding hydrogens is 150 g/mol. The number of rotatable bonds is 5. The quantitative estimate of drug-likeness (QED) is 0.692. The largest absolute Gasteiger partial charge is 0.392 e. The normalized spacial score (nSPS) is 12.2. The number of aliphatic hydroxyl groups is 1. The van der Waals surface area contributed by atoms with Crippen molar-refractivity contribution in [2.45, 2.75) is 46.6 Å². The number of aliphatic hydroxyl groups excluding tert-OH is 1. The second-order valence-corrected chi connectivity index (χ2v) is 2.82. The Morgan fingerprint density at radius 2 is 1.75 bits per heavy atom. The zero-order valence-corrected chi connectivity index (χ0v) is 9.30. The van der Waals surface area contributed by atoms with Gasteiger partial charge in [0.25, 0.3) is 0 Å². The summed E-state index contributed by atoms with van der Waals surface area (Å²) in [5.74, 6) is 0. The zero-order chi connectivity index (χ0) is 9.98. The molecule has 0 bridgehead atoms. The van der Waals surface area contributed by atoms with Crippen molar-refractivity contribution in [3.05, 3.63) is 0 Å². The molecule has 12 heavy (non-hydrogen) atoms. The molecule has 0 aliphatic rings. The van der Waals surface area contributed by atoms with Crippen LogP contribution < -0.4 is 0 Å². The summed E-state index contributed by atoms with van der Waals surface area (Å²) in [5, 5.41) is 9.21. The van der Waals surface area contributed by atoms with Crippen LogP contribution in [0.3, 0.4) is 0 Å². The van der Waals surface area contributed by atoms with E-state index in [2.05, 4.69) is 11.8 Å². The highest BCUT2D eigenvalue weighted by Gasteiger charge is 2.03. The first kappa shape index (κ1) is 14.4. The second-order valence-electron chi connectivity index (χ2n) is 2.82. The van der Waals surface area contributed by atoms with Crippen LogP contribution >= 0.6 is 0 Å². The minimum absolute atomic E-state index is 0.142. The highest BCUT2D eigenvalue weighted by molar-refractivity contribution is 4.57. The van der Waals surface area contributed by atoms with Crippen LogP contribution in [-0.2, 0) is 0 Å². The van der Waals surface area contributed by atoms with Crippen molar-refractivity contribution in [1.82, 2.24) is 4.90 Å². The van der Waals surface area contributed by atoms with E-state index in [0.29, 0.717) is 0 Å². The predicted octanol–water partition coefficient (Wildman–Crippen LogP) is 2.13. The molecule has 0 aromatic carbocycles. The number of likely N-dealkylation sites (N-methyl/N-ethyl adjacent to an activating group) is 1. The van der Waals surface area contributed by atoms with Crippen molar-refractivity contribution >= 4 is 0 Å². The number of hydrogen-bond acceptors (Lipinski definition) is 2. The molecule has 0 radical (unpaired) electrons. The van der Waals surface area contributed by atoms with Gasteiger partial charge in [0.05, 0.1) is 6.10 Å². The monoisotopic (exact) mass is 175 g/mol. The molecule has 0 aromatic heterocycles. The lowest BCUT2D eigenvalue weighted by Gasteiger charge is -2.18. The molecule has 76 valence electrons. The van der Waals surface area contributed by atoms with Crippen LogP contribution in [0.15, 0.2) is 0 Å². The highest BCUT2D eigenvalue weighted by atomic mass is 16.3. The Hall–Kier alpha value is -0.0800. The topological polar surface area (TPSA) is 23.5 Å². The fraction of sp³-hybridized carbons (Fsp3) is 1.00. The lowest BCUT2D eigenvalue weighted by molar-refractivity contribution is 0.122. The first-order valence-corrected chi connectivity index (χ1v) is 5.07. The summed E-state index contributed by atoms with van der Waals surface area (Å²) in [5.41, 5.74) is 0. The Labute approximate surface area is 77.6 Å². The molecule has 0 saturated heterocycles. The highest BCUT2D eigenvalue weighted by Crippen LogP contribution is 1.94. The van der Waals surface area contributed by atoms with Crippen molar-refractivity contribution in [2.24, 2.45) is 0 Å². The maximum atomic E-state index is 9.21. The van der Waals surface area contributed by atoms with Crippen LogP contribution in [0.1, 0.15) is 40.5 Å². The third kappa shape index (κ3) is 9.92. The summed E-state index contributed by atoms with van der Waals surface area (Å²) in [6, 6.07) is 0. The van der Waals surface area contributed by atoms with Crippen LogP contribution in [0.2, 0.25) is 0 Å². The molecule has 2 heteroatoms. The Morgan fingerprint density at radius 1 is 1.25 bits per heavy atom. The van der Waals surface area contributed by atoms with Gasteiger partial charge in [0, 0.05) is 6.54 Å². The first-order chi connectivity index (χ1) is 5.70. The van der Waals surface area contributed by atoms with Crippen LogP contribution in [0.4, 0.5) is 0 Å². The predicted molar refractivity (Wildman–Crippen MR) is 55.4 cm³/mol. The van der Waals surface area contributed by atoms with Gasteiger partial charge in [-0.2, -0.15) is 0 Å². The molecule has 0 rings (SSSR count). The Bertz CT molecular complexity index is 76.2. The minimum Gasteiger partial charge on any atom is -0.392 e. The van der Waals surface area contributed by atoms with Gasteiger partial charge in [0.15, 0.2) is 0 Å². The average molecular weight is 175 g/mol. The smallest absolute Gasteiger partial charge is 0.0664 e. The molecule has 1 N–H and O–H groups in total. The van der Waals surface area contributed by atoms with Crippen LogP contribution in [0.5, 0.6) is 0 Å².